The number of hydrogen-bond acceptors (Lipinski definition) is 7. The van der Waals surface area contributed by atoms with Crippen molar-refractivity contribution in [2.24, 2.45) is 5.92 Å². The highest BCUT2D eigenvalue weighted by atomic mass is 16.3. The first-order valence-corrected chi connectivity index (χ1v) is 7.69. The molecule has 21 heavy (non-hydrogen) atoms. The van der Waals surface area contributed by atoms with Crippen molar-refractivity contribution in [1.29, 1.82) is 0 Å². The average Bonchev–Trinajstić information content (AvgIpc) is 2.88. The van der Waals surface area contributed by atoms with Crippen molar-refractivity contribution in [1.82, 2.24) is 15.0 Å². The van der Waals surface area contributed by atoms with Crippen LogP contribution in [-0.4, -0.2) is 53.3 Å². The summed E-state index contributed by atoms with van der Waals surface area (Å²) in [6.07, 6.45) is 3.86. The quantitative estimate of drug-likeness (QED) is 0.699. The molecular formula is C14H26N6O. The topological polar surface area (TPSA) is 86.2 Å². The van der Waals surface area contributed by atoms with Crippen LogP contribution in [-0.2, 0) is 0 Å². The van der Waals surface area contributed by atoms with Crippen LogP contribution in [0.4, 0.5) is 17.8 Å². The van der Waals surface area contributed by atoms with E-state index in [2.05, 4.69) is 32.5 Å². The van der Waals surface area contributed by atoms with Gasteiger partial charge < -0.3 is 20.6 Å². The van der Waals surface area contributed by atoms with Gasteiger partial charge in [0.1, 0.15) is 0 Å². The highest BCUT2D eigenvalue weighted by Gasteiger charge is 2.25. The Morgan fingerprint density at radius 3 is 2.43 bits per heavy atom. The number of aromatic nitrogens is 3. The highest BCUT2D eigenvalue weighted by molar-refractivity contribution is 5.42. The van der Waals surface area contributed by atoms with Gasteiger partial charge in [-0.1, -0.05) is 13.3 Å². The van der Waals surface area contributed by atoms with Crippen molar-refractivity contribution < 1.29 is 5.11 Å². The monoisotopic (exact) mass is 294 g/mol. The van der Waals surface area contributed by atoms with E-state index in [1.165, 1.54) is 0 Å². The molecule has 0 amide bonds. The summed E-state index contributed by atoms with van der Waals surface area (Å²) in [6, 6.07) is 0. The molecule has 7 nitrogen and oxygen atoms in total. The molecule has 0 aliphatic heterocycles. The SMILES string of the molecule is CCCNc1nc(NCC2CCCC2O)nc(N(C)C)n1. The lowest BCUT2D eigenvalue weighted by Gasteiger charge is -2.17. The van der Waals surface area contributed by atoms with E-state index >= 15 is 0 Å². The van der Waals surface area contributed by atoms with Crippen LogP contribution in [0.3, 0.4) is 0 Å². The molecule has 1 saturated carbocycles. The summed E-state index contributed by atoms with van der Waals surface area (Å²) in [6.45, 7) is 3.63. The standard InChI is InChI=1S/C14H26N6O/c1-4-8-15-12-17-13(19-14(18-12)20(2)3)16-9-10-6-5-7-11(10)21/h10-11,21H,4-9H2,1-3H3,(H2,15,16,17,18,19). The third kappa shape index (κ3) is 4.42. The van der Waals surface area contributed by atoms with E-state index in [-0.39, 0.29) is 12.0 Å². The van der Waals surface area contributed by atoms with E-state index in [9.17, 15) is 5.11 Å². The third-order valence-corrected chi connectivity index (χ3v) is 3.70. The molecule has 0 spiro atoms. The van der Waals surface area contributed by atoms with Crippen molar-refractivity contribution in [2.75, 3.05) is 42.7 Å². The summed E-state index contributed by atoms with van der Waals surface area (Å²) >= 11 is 0. The predicted molar refractivity (Wildman–Crippen MR) is 84.8 cm³/mol. The van der Waals surface area contributed by atoms with E-state index in [0.29, 0.717) is 24.4 Å². The predicted octanol–water partition coefficient (Wildman–Crippen LogP) is 1.33. The molecule has 1 fully saturated rings. The van der Waals surface area contributed by atoms with Gasteiger partial charge in [0.05, 0.1) is 6.10 Å². The number of rotatable bonds is 7. The number of nitrogens with one attached hydrogen (secondary N) is 2. The number of hydrogen-bond donors (Lipinski definition) is 3. The van der Waals surface area contributed by atoms with Gasteiger partial charge in [-0.05, 0) is 19.3 Å². The Labute approximate surface area is 126 Å². The van der Waals surface area contributed by atoms with Gasteiger partial charge in [0.2, 0.25) is 17.8 Å². The maximum Gasteiger partial charge on any atom is 0.231 e. The summed E-state index contributed by atoms with van der Waals surface area (Å²) in [5.41, 5.74) is 0. The zero-order chi connectivity index (χ0) is 15.2. The van der Waals surface area contributed by atoms with E-state index in [0.717, 1.165) is 32.2 Å². The molecule has 7 heteroatoms. The van der Waals surface area contributed by atoms with Gasteiger partial charge in [-0.3, -0.25) is 0 Å². The Morgan fingerprint density at radius 1 is 1.14 bits per heavy atom. The average molecular weight is 294 g/mol. The zero-order valence-electron chi connectivity index (χ0n) is 13.1. The molecule has 2 rings (SSSR count). The normalized spacial score (nSPS) is 21.3. The highest BCUT2D eigenvalue weighted by Crippen LogP contribution is 2.25. The molecule has 1 aromatic heterocycles. The van der Waals surface area contributed by atoms with Crippen LogP contribution in [0, 0.1) is 5.92 Å². The fourth-order valence-electron chi connectivity index (χ4n) is 2.44. The number of aliphatic hydroxyl groups excluding tert-OH is 1. The number of aliphatic hydroxyl groups is 1. The summed E-state index contributed by atoms with van der Waals surface area (Å²) < 4.78 is 0. The minimum Gasteiger partial charge on any atom is -0.393 e. The zero-order valence-corrected chi connectivity index (χ0v) is 13.1. The fraction of sp³-hybridized carbons (Fsp3) is 0.786. The van der Waals surface area contributed by atoms with Crippen LogP contribution in [0.5, 0.6) is 0 Å². The molecule has 118 valence electrons. The Hall–Kier alpha value is -1.63. The summed E-state index contributed by atoms with van der Waals surface area (Å²) in [4.78, 5) is 15.0. The van der Waals surface area contributed by atoms with Crippen LogP contribution < -0.4 is 15.5 Å². The second-order valence-electron chi connectivity index (χ2n) is 5.74. The van der Waals surface area contributed by atoms with Gasteiger partial charge in [0, 0.05) is 33.1 Å². The summed E-state index contributed by atoms with van der Waals surface area (Å²) in [5, 5.41) is 16.3. The molecule has 2 unspecified atom stereocenters. The smallest absolute Gasteiger partial charge is 0.231 e. The first kappa shape index (κ1) is 15.8. The van der Waals surface area contributed by atoms with E-state index in [1.807, 2.05) is 19.0 Å². The first-order chi connectivity index (χ1) is 10.1. The van der Waals surface area contributed by atoms with Crippen LogP contribution in [0.15, 0.2) is 0 Å². The molecule has 2 atom stereocenters. The van der Waals surface area contributed by atoms with Gasteiger partial charge >= 0.3 is 0 Å². The van der Waals surface area contributed by atoms with Crippen LogP contribution >= 0.6 is 0 Å². The van der Waals surface area contributed by atoms with Crippen molar-refractivity contribution in [2.45, 2.75) is 38.7 Å². The van der Waals surface area contributed by atoms with Gasteiger partial charge in [0.15, 0.2) is 0 Å². The summed E-state index contributed by atoms with van der Waals surface area (Å²) in [7, 11) is 3.81. The molecule has 1 aromatic rings. The molecule has 1 heterocycles. The molecule has 0 aromatic carbocycles. The maximum atomic E-state index is 9.87. The molecule has 3 N–H and O–H groups in total. The number of anilines is 3. The molecule has 0 saturated heterocycles. The van der Waals surface area contributed by atoms with E-state index in [1.54, 1.807) is 0 Å². The van der Waals surface area contributed by atoms with Crippen LogP contribution in [0.25, 0.3) is 0 Å². The lowest BCUT2D eigenvalue weighted by Crippen LogP contribution is -2.24. The van der Waals surface area contributed by atoms with Crippen LogP contribution in [0.1, 0.15) is 32.6 Å². The van der Waals surface area contributed by atoms with Crippen molar-refractivity contribution in [3.8, 4) is 0 Å². The maximum absolute atomic E-state index is 9.87. The lowest BCUT2D eigenvalue weighted by molar-refractivity contribution is 0.138. The van der Waals surface area contributed by atoms with Gasteiger partial charge in [0.25, 0.3) is 0 Å². The van der Waals surface area contributed by atoms with Crippen molar-refractivity contribution >= 4 is 17.8 Å². The molecule has 1 aliphatic carbocycles. The Morgan fingerprint density at radius 2 is 1.86 bits per heavy atom. The fourth-order valence-corrected chi connectivity index (χ4v) is 2.44. The molecule has 0 bridgehead atoms. The lowest BCUT2D eigenvalue weighted by atomic mass is 10.1. The van der Waals surface area contributed by atoms with E-state index in [4.69, 9.17) is 0 Å². The largest absolute Gasteiger partial charge is 0.393 e. The van der Waals surface area contributed by atoms with Gasteiger partial charge in [-0.2, -0.15) is 15.0 Å². The molecule has 0 radical (unpaired) electrons. The van der Waals surface area contributed by atoms with Gasteiger partial charge in [-0.15, -0.1) is 0 Å². The van der Waals surface area contributed by atoms with Crippen molar-refractivity contribution in [3.05, 3.63) is 0 Å². The van der Waals surface area contributed by atoms with Gasteiger partial charge in [-0.25, -0.2) is 0 Å². The second-order valence-corrected chi connectivity index (χ2v) is 5.74. The van der Waals surface area contributed by atoms with Crippen LogP contribution in [0.2, 0.25) is 0 Å². The second kappa shape index (κ2) is 7.40. The Bertz CT molecular complexity index is 453. The molecule has 1 aliphatic rings. The number of nitrogens with zero attached hydrogens (tertiary/aromatic N) is 4. The summed E-state index contributed by atoms with van der Waals surface area (Å²) in [5.74, 6) is 2.06. The molecular weight excluding hydrogens is 268 g/mol. The Kier molecular flexibility index (Phi) is 5.55. The van der Waals surface area contributed by atoms with E-state index < -0.39 is 0 Å². The van der Waals surface area contributed by atoms with Crippen molar-refractivity contribution in [3.63, 3.8) is 0 Å². The Balaban J connectivity index is 2.04. The first-order valence-electron chi connectivity index (χ1n) is 7.69. The minimum absolute atomic E-state index is 0.203. The third-order valence-electron chi connectivity index (χ3n) is 3.70. The minimum atomic E-state index is -0.203.